The Labute approximate surface area is 140 Å². The van der Waals surface area contributed by atoms with Crippen molar-refractivity contribution >= 4 is 18.4 Å². The number of ether oxygens (including phenoxy) is 1. The highest BCUT2D eigenvalue weighted by Gasteiger charge is 2.23. The fourth-order valence-corrected chi connectivity index (χ4v) is 3.21. The van der Waals surface area contributed by atoms with Crippen molar-refractivity contribution in [2.45, 2.75) is 32.6 Å². The molecule has 1 amide bonds. The Bertz CT molecular complexity index is 761. The molecule has 1 N–H and O–H groups in total. The van der Waals surface area contributed by atoms with Gasteiger partial charge in [-0.15, -0.1) is 0 Å². The Morgan fingerprint density at radius 3 is 2.67 bits per heavy atom. The number of hydrogen-bond donors (Lipinski definition) is 1. The fourth-order valence-electron chi connectivity index (χ4n) is 3.21. The van der Waals surface area contributed by atoms with Gasteiger partial charge in [0, 0.05) is 36.6 Å². The number of aromatic nitrogens is 2. The van der Waals surface area contributed by atoms with Gasteiger partial charge < -0.3 is 10.1 Å². The second-order valence-corrected chi connectivity index (χ2v) is 6.09. The van der Waals surface area contributed by atoms with Gasteiger partial charge in [0.15, 0.2) is 0 Å². The van der Waals surface area contributed by atoms with Crippen molar-refractivity contribution in [2.75, 3.05) is 18.5 Å². The molecule has 1 aliphatic rings. The van der Waals surface area contributed by atoms with E-state index in [0.29, 0.717) is 23.6 Å². The lowest BCUT2D eigenvalue weighted by molar-refractivity contribution is -0.105. The Morgan fingerprint density at radius 2 is 2.00 bits per heavy atom. The first-order valence-corrected chi connectivity index (χ1v) is 8.08. The zero-order chi connectivity index (χ0) is 17.1. The summed E-state index contributed by atoms with van der Waals surface area (Å²) in [5.74, 6) is 1.30. The molecule has 2 aromatic rings. The van der Waals surface area contributed by atoms with Crippen LogP contribution in [-0.4, -0.2) is 35.5 Å². The predicted octanol–water partition coefficient (Wildman–Crippen LogP) is 2.76. The van der Waals surface area contributed by atoms with E-state index < -0.39 is 0 Å². The van der Waals surface area contributed by atoms with Crippen molar-refractivity contribution in [3.05, 3.63) is 41.0 Å². The summed E-state index contributed by atoms with van der Waals surface area (Å²) in [5, 5.41) is 2.71. The molecule has 24 heavy (non-hydrogen) atoms. The van der Waals surface area contributed by atoms with Crippen LogP contribution in [0.15, 0.2) is 18.3 Å². The van der Waals surface area contributed by atoms with E-state index in [2.05, 4.69) is 14.9 Å². The number of carbonyl (C=O) groups is 2. The molecule has 1 fully saturated rings. The normalized spacial score (nSPS) is 15.2. The number of benzene rings is 1. The monoisotopic (exact) mass is 327 g/mol. The largest absolute Gasteiger partial charge is 0.381 e. The van der Waals surface area contributed by atoms with Crippen molar-refractivity contribution < 1.29 is 14.3 Å². The number of nitrogens with zero attached hydrogens (tertiary/aromatic N) is 2. The Kier molecular flexibility index (Phi) is 4.76. The van der Waals surface area contributed by atoms with Crippen LogP contribution in [-0.2, 0) is 9.53 Å². The maximum atomic E-state index is 11.2. The minimum atomic E-state index is 0.322. The van der Waals surface area contributed by atoms with E-state index >= 15 is 0 Å². The number of nitrogens with one attached hydrogen (secondary N) is 1. The van der Waals surface area contributed by atoms with E-state index in [1.807, 2.05) is 26.1 Å². The summed E-state index contributed by atoms with van der Waals surface area (Å²) in [7, 11) is 0. The molecule has 0 spiro atoms. The maximum absolute atomic E-state index is 11.2. The smallest absolute Gasteiger partial charge is 0.211 e. The summed E-state index contributed by atoms with van der Waals surface area (Å²) in [6.45, 7) is 5.35. The molecule has 0 radical (unpaired) electrons. The van der Waals surface area contributed by atoms with E-state index in [1.165, 1.54) is 0 Å². The molecule has 1 aromatic heterocycles. The number of aryl methyl sites for hydroxylation is 2. The molecule has 0 unspecified atom stereocenters. The topological polar surface area (TPSA) is 73.2 Å². The lowest BCUT2D eigenvalue weighted by Gasteiger charge is -2.24. The molecule has 2 heterocycles. The van der Waals surface area contributed by atoms with Crippen molar-refractivity contribution in [1.29, 1.82) is 0 Å². The molecular weight excluding hydrogens is 306 g/mol. The third-order valence-electron chi connectivity index (χ3n) is 4.52. The van der Waals surface area contributed by atoms with Crippen molar-refractivity contribution in [1.82, 2.24) is 9.55 Å². The Hall–Kier alpha value is -2.47. The van der Waals surface area contributed by atoms with Gasteiger partial charge in [-0.2, -0.15) is 0 Å². The first kappa shape index (κ1) is 16.4. The quantitative estimate of drug-likeness (QED) is 0.857. The number of rotatable bonds is 5. The van der Waals surface area contributed by atoms with E-state index in [-0.39, 0.29) is 0 Å². The molecule has 0 aliphatic carbocycles. The van der Waals surface area contributed by atoms with Gasteiger partial charge in [-0.25, -0.2) is 4.98 Å². The summed E-state index contributed by atoms with van der Waals surface area (Å²) in [5.41, 5.74) is 3.86. The Morgan fingerprint density at radius 1 is 1.25 bits per heavy atom. The van der Waals surface area contributed by atoms with Gasteiger partial charge in [-0.05, 0) is 44.4 Å². The van der Waals surface area contributed by atoms with Crippen LogP contribution in [0.4, 0.5) is 5.69 Å². The zero-order valence-electron chi connectivity index (χ0n) is 13.9. The van der Waals surface area contributed by atoms with Gasteiger partial charge in [0.05, 0.1) is 11.4 Å². The van der Waals surface area contributed by atoms with Gasteiger partial charge in [0.2, 0.25) is 6.41 Å². The van der Waals surface area contributed by atoms with Gasteiger partial charge in [0.25, 0.3) is 0 Å². The number of anilines is 1. The maximum Gasteiger partial charge on any atom is 0.211 e. The van der Waals surface area contributed by atoms with E-state index in [9.17, 15) is 9.59 Å². The number of hydrogen-bond acceptors (Lipinski definition) is 4. The summed E-state index contributed by atoms with van der Waals surface area (Å²) in [6, 6.07) is 3.63. The van der Waals surface area contributed by atoms with Crippen molar-refractivity contribution in [2.24, 2.45) is 0 Å². The molecule has 1 saturated heterocycles. The van der Waals surface area contributed by atoms with Gasteiger partial charge in [-0.1, -0.05) is 0 Å². The van der Waals surface area contributed by atoms with E-state index in [4.69, 9.17) is 4.74 Å². The predicted molar refractivity (Wildman–Crippen MR) is 90.9 cm³/mol. The number of aldehydes is 1. The number of carbonyl (C=O) groups excluding carboxylic acids is 2. The van der Waals surface area contributed by atoms with Crippen LogP contribution in [0.1, 0.15) is 46.2 Å². The molecule has 0 atom stereocenters. The van der Waals surface area contributed by atoms with Gasteiger partial charge >= 0.3 is 0 Å². The van der Waals surface area contributed by atoms with E-state index in [1.54, 1.807) is 6.07 Å². The minimum absolute atomic E-state index is 0.322. The second kappa shape index (κ2) is 6.97. The molecule has 0 bridgehead atoms. The molecule has 1 aromatic carbocycles. The summed E-state index contributed by atoms with van der Waals surface area (Å²) in [4.78, 5) is 26.8. The van der Waals surface area contributed by atoms with Crippen LogP contribution >= 0.6 is 0 Å². The standard InChI is InChI=1S/C18H21N3O3/c1-12-7-17(16(20-11-23)8-15(12)10-22)21-13(2)9-19-18(21)14-3-5-24-6-4-14/h7-11,14H,3-6H2,1-2H3,(H,20,23). The zero-order valence-corrected chi connectivity index (χ0v) is 13.9. The SMILES string of the molecule is Cc1cc(-n2c(C)cnc2C2CCOCC2)c(NC=O)cc1C=O. The van der Waals surface area contributed by atoms with Crippen LogP contribution in [0.25, 0.3) is 5.69 Å². The third kappa shape index (κ3) is 2.97. The Balaban J connectivity index is 2.14. The van der Waals surface area contributed by atoms with Crippen molar-refractivity contribution in [3.8, 4) is 5.69 Å². The minimum Gasteiger partial charge on any atom is -0.381 e. The van der Waals surface area contributed by atoms with Crippen LogP contribution in [0.2, 0.25) is 0 Å². The van der Waals surface area contributed by atoms with E-state index in [0.717, 1.165) is 55.1 Å². The number of imidazole rings is 1. The average molecular weight is 327 g/mol. The third-order valence-corrected chi connectivity index (χ3v) is 4.52. The summed E-state index contributed by atoms with van der Waals surface area (Å²) < 4.78 is 7.52. The van der Waals surface area contributed by atoms with Crippen LogP contribution in [0.5, 0.6) is 0 Å². The fraction of sp³-hybridized carbons (Fsp3) is 0.389. The average Bonchev–Trinajstić information content (AvgIpc) is 2.98. The summed E-state index contributed by atoms with van der Waals surface area (Å²) in [6.07, 6.45) is 5.13. The first-order valence-electron chi connectivity index (χ1n) is 8.08. The molecule has 3 rings (SSSR count). The van der Waals surface area contributed by atoms with Gasteiger partial charge in [-0.3, -0.25) is 14.2 Å². The molecule has 126 valence electrons. The molecule has 0 saturated carbocycles. The molecule has 6 nitrogen and oxygen atoms in total. The van der Waals surface area contributed by atoms with Crippen LogP contribution < -0.4 is 5.32 Å². The lowest BCUT2D eigenvalue weighted by Crippen LogP contribution is -2.18. The molecular formula is C18H21N3O3. The second-order valence-electron chi connectivity index (χ2n) is 6.09. The number of amides is 1. The first-order chi connectivity index (χ1) is 11.7. The highest BCUT2D eigenvalue weighted by atomic mass is 16.5. The van der Waals surface area contributed by atoms with Crippen LogP contribution in [0, 0.1) is 13.8 Å². The van der Waals surface area contributed by atoms with Crippen molar-refractivity contribution in [3.63, 3.8) is 0 Å². The van der Waals surface area contributed by atoms with Crippen LogP contribution in [0.3, 0.4) is 0 Å². The summed E-state index contributed by atoms with van der Waals surface area (Å²) >= 11 is 0. The lowest BCUT2D eigenvalue weighted by atomic mass is 9.99. The molecule has 6 heteroatoms. The highest BCUT2D eigenvalue weighted by molar-refractivity contribution is 5.85. The van der Waals surface area contributed by atoms with Gasteiger partial charge in [0.1, 0.15) is 12.1 Å². The molecule has 1 aliphatic heterocycles. The highest BCUT2D eigenvalue weighted by Crippen LogP contribution is 2.32.